The summed E-state index contributed by atoms with van der Waals surface area (Å²) in [4.78, 5) is 0. The molecule has 0 saturated carbocycles. The molecule has 0 unspecified atom stereocenters. The van der Waals surface area contributed by atoms with Crippen molar-refractivity contribution in [1.29, 1.82) is 0 Å². The normalized spacial score (nSPS) is 16.1. The molecule has 0 bridgehead atoms. The molecule has 2 aliphatic carbocycles. The van der Waals surface area contributed by atoms with Gasteiger partial charge in [-0.3, -0.25) is 0 Å². The van der Waals surface area contributed by atoms with Gasteiger partial charge in [0.25, 0.3) is 0 Å². The summed E-state index contributed by atoms with van der Waals surface area (Å²) >= 11 is 0. The lowest BCUT2D eigenvalue weighted by molar-refractivity contribution is 0.577. The Kier molecular flexibility index (Phi) is 3.12. The Morgan fingerprint density at radius 2 is 1.61 bits per heavy atom. The van der Waals surface area contributed by atoms with Crippen LogP contribution >= 0.6 is 0 Å². The number of aromatic nitrogens is 1. The molecule has 0 saturated heterocycles. The molecule has 0 fully saturated rings. The van der Waals surface area contributed by atoms with E-state index in [9.17, 15) is 0 Å². The predicted octanol–water partition coefficient (Wildman–Crippen LogP) is 6.77. The number of allylic oxidation sites excluding steroid dienone is 2. The van der Waals surface area contributed by atoms with Crippen molar-refractivity contribution in [2.75, 3.05) is 0 Å². The number of aryl methyl sites for hydroxylation is 2. The predicted molar refractivity (Wildman–Crippen MR) is 118 cm³/mol. The number of nitrogens with zero attached hydrogens (tertiary/aromatic N) is 1. The van der Waals surface area contributed by atoms with Gasteiger partial charge in [0.2, 0.25) is 0 Å². The lowest BCUT2D eigenvalue weighted by Gasteiger charge is -2.27. The molecule has 0 radical (unpaired) electrons. The molecular weight excluding hydrogens is 338 g/mol. The summed E-state index contributed by atoms with van der Waals surface area (Å²) in [6.07, 6.45) is 6.94. The highest BCUT2D eigenvalue weighted by atomic mass is 15.0. The lowest BCUT2D eigenvalue weighted by Crippen LogP contribution is -2.21. The Hall–Kier alpha value is -3.06. The van der Waals surface area contributed by atoms with Gasteiger partial charge in [0.05, 0.1) is 5.69 Å². The minimum atomic E-state index is 0.0887. The Labute approximate surface area is 165 Å². The molecule has 1 heteroatoms. The molecule has 1 aromatic heterocycles. The first kappa shape index (κ1) is 15.9. The summed E-state index contributed by atoms with van der Waals surface area (Å²) in [5.74, 6) is 0. The van der Waals surface area contributed by atoms with Crippen molar-refractivity contribution in [2.24, 2.45) is 7.05 Å². The molecule has 0 amide bonds. The lowest BCUT2D eigenvalue weighted by atomic mass is 9.75. The Morgan fingerprint density at radius 1 is 0.821 bits per heavy atom. The molecule has 0 aliphatic heterocycles. The average Bonchev–Trinajstić information content (AvgIpc) is 3.39. The molecule has 0 atom stereocenters. The van der Waals surface area contributed by atoms with Crippen LogP contribution in [0.15, 0.2) is 78.9 Å². The van der Waals surface area contributed by atoms with Crippen molar-refractivity contribution < 1.29 is 0 Å². The van der Waals surface area contributed by atoms with Gasteiger partial charge in [0.1, 0.15) is 0 Å². The third kappa shape index (κ3) is 1.91. The molecular formula is C27H23N. The smallest absolute Gasteiger partial charge is 0.0533 e. The molecule has 3 aromatic carbocycles. The number of rotatable bonds is 1. The van der Waals surface area contributed by atoms with E-state index in [0.717, 1.165) is 12.8 Å². The van der Waals surface area contributed by atoms with Crippen molar-refractivity contribution >= 4 is 10.9 Å². The van der Waals surface area contributed by atoms with Crippen LogP contribution in [0.25, 0.3) is 33.3 Å². The quantitative estimate of drug-likeness (QED) is 0.330. The maximum atomic E-state index is 2.46. The fraction of sp³-hybridized carbons (Fsp3) is 0.185. The second-order valence-electron chi connectivity index (χ2n) is 8.39. The third-order valence-corrected chi connectivity index (χ3v) is 6.83. The number of para-hydroxylation sites is 1. The Balaban J connectivity index is 1.66. The molecule has 6 rings (SSSR count). The first-order valence-corrected chi connectivity index (χ1v) is 10.1. The van der Waals surface area contributed by atoms with E-state index in [4.69, 9.17) is 0 Å². The standard InChI is InChI=1S/C27H23N/c1-18-8-7-9-19(16-18)20-12-13-21-23(17-20)27(14-5-6-15-27)25-22-10-3-4-11-24(22)28(2)26(21)25/h3-13,16-17H,14-15H2,1-2H3. The first-order chi connectivity index (χ1) is 13.7. The van der Waals surface area contributed by atoms with Gasteiger partial charge in [-0.25, -0.2) is 0 Å². The highest BCUT2D eigenvalue weighted by Crippen LogP contribution is 2.58. The van der Waals surface area contributed by atoms with Crippen LogP contribution in [0.5, 0.6) is 0 Å². The van der Waals surface area contributed by atoms with Gasteiger partial charge in [-0.15, -0.1) is 0 Å². The van der Waals surface area contributed by atoms with Crippen molar-refractivity contribution in [3.05, 3.63) is 95.6 Å². The summed E-state index contributed by atoms with van der Waals surface area (Å²) in [5, 5.41) is 1.41. The van der Waals surface area contributed by atoms with Gasteiger partial charge in [0, 0.05) is 28.9 Å². The first-order valence-electron chi connectivity index (χ1n) is 10.1. The molecule has 0 N–H and O–H groups in total. The highest BCUT2D eigenvalue weighted by Gasteiger charge is 2.46. The fourth-order valence-corrected chi connectivity index (χ4v) is 5.55. The van der Waals surface area contributed by atoms with E-state index in [2.05, 4.69) is 97.4 Å². The van der Waals surface area contributed by atoms with E-state index in [1.54, 1.807) is 0 Å². The maximum absolute atomic E-state index is 2.46. The van der Waals surface area contributed by atoms with Gasteiger partial charge < -0.3 is 4.57 Å². The summed E-state index contributed by atoms with van der Waals surface area (Å²) in [7, 11) is 2.22. The van der Waals surface area contributed by atoms with Crippen LogP contribution in [-0.2, 0) is 12.5 Å². The number of hydrogen-bond donors (Lipinski definition) is 0. The van der Waals surface area contributed by atoms with Crippen LogP contribution in [0.4, 0.5) is 0 Å². The molecule has 2 aliphatic rings. The SMILES string of the molecule is Cc1cccc(-c2ccc3c(c2)C2(CC=CC2)c2c-3n(C)c3ccccc23)c1. The van der Waals surface area contributed by atoms with Crippen LogP contribution in [0.1, 0.15) is 29.5 Å². The van der Waals surface area contributed by atoms with Gasteiger partial charge >= 0.3 is 0 Å². The number of hydrogen-bond acceptors (Lipinski definition) is 0. The summed E-state index contributed by atoms with van der Waals surface area (Å²) in [5.41, 5.74) is 11.2. The second kappa shape index (κ2) is 5.48. The zero-order valence-corrected chi connectivity index (χ0v) is 16.4. The second-order valence-corrected chi connectivity index (χ2v) is 8.39. The van der Waals surface area contributed by atoms with Gasteiger partial charge in [0.15, 0.2) is 0 Å². The largest absolute Gasteiger partial charge is 0.343 e. The molecule has 1 spiro atoms. The Bertz CT molecular complexity index is 1280. The van der Waals surface area contributed by atoms with E-state index in [0.29, 0.717) is 0 Å². The van der Waals surface area contributed by atoms with E-state index in [-0.39, 0.29) is 5.41 Å². The topological polar surface area (TPSA) is 4.93 Å². The van der Waals surface area contributed by atoms with Crippen LogP contribution in [0.2, 0.25) is 0 Å². The average molecular weight is 361 g/mol. The minimum absolute atomic E-state index is 0.0887. The van der Waals surface area contributed by atoms with E-state index < -0.39 is 0 Å². The number of fused-ring (bicyclic) bond motifs is 7. The molecule has 1 nitrogen and oxygen atoms in total. The third-order valence-electron chi connectivity index (χ3n) is 6.83. The fourth-order valence-electron chi connectivity index (χ4n) is 5.55. The number of benzene rings is 3. The minimum Gasteiger partial charge on any atom is -0.343 e. The Morgan fingerprint density at radius 3 is 2.43 bits per heavy atom. The highest BCUT2D eigenvalue weighted by molar-refractivity contribution is 5.98. The van der Waals surface area contributed by atoms with Gasteiger partial charge in [-0.1, -0.05) is 72.3 Å². The van der Waals surface area contributed by atoms with E-state index in [1.807, 2.05) is 0 Å². The molecule has 4 aromatic rings. The van der Waals surface area contributed by atoms with Crippen LogP contribution < -0.4 is 0 Å². The van der Waals surface area contributed by atoms with Crippen molar-refractivity contribution in [3.8, 4) is 22.4 Å². The van der Waals surface area contributed by atoms with Crippen LogP contribution in [-0.4, -0.2) is 4.57 Å². The van der Waals surface area contributed by atoms with Crippen molar-refractivity contribution in [3.63, 3.8) is 0 Å². The van der Waals surface area contributed by atoms with Crippen molar-refractivity contribution in [2.45, 2.75) is 25.2 Å². The molecule has 1 heterocycles. The van der Waals surface area contributed by atoms with Crippen LogP contribution in [0.3, 0.4) is 0 Å². The van der Waals surface area contributed by atoms with Gasteiger partial charge in [-0.05, 0) is 54.2 Å². The zero-order valence-electron chi connectivity index (χ0n) is 16.4. The monoisotopic (exact) mass is 361 g/mol. The van der Waals surface area contributed by atoms with Crippen LogP contribution in [0, 0.1) is 6.92 Å². The summed E-state index contributed by atoms with van der Waals surface area (Å²) in [6.45, 7) is 2.17. The van der Waals surface area contributed by atoms with Crippen molar-refractivity contribution in [1.82, 2.24) is 4.57 Å². The molecule has 28 heavy (non-hydrogen) atoms. The summed E-state index contributed by atoms with van der Waals surface area (Å²) < 4.78 is 2.41. The van der Waals surface area contributed by atoms with Gasteiger partial charge in [-0.2, -0.15) is 0 Å². The zero-order chi connectivity index (χ0) is 18.9. The van der Waals surface area contributed by atoms with E-state index in [1.165, 1.54) is 50.0 Å². The summed E-state index contributed by atoms with van der Waals surface area (Å²) in [6, 6.07) is 24.9. The maximum Gasteiger partial charge on any atom is 0.0533 e. The molecule has 136 valence electrons. The van der Waals surface area contributed by atoms with E-state index >= 15 is 0 Å².